The number of rotatable bonds is 7. The smallest absolute Gasteiger partial charge is 0.329 e. The van der Waals surface area contributed by atoms with E-state index in [-0.39, 0.29) is 12.3 Å². The molecule has 0 rings (SSSR count). The molecule has 1 unspecified atom stereocenters. The third-order valence-corrected chi connectivity index (χ3v) is 2.93. The van der Waals surface area contributed by atoms with Crippen molar-refractivity contribution in [2.24, 2.45) is 5.92 Å². The summed E-state index contributed by atoms with van der Waals surface area (Å²) in [6.45, 7) is 7.90. The third kappa shape index (κ3) is 5.60. The number of hydrogen-bond acceptors (Lipinski definition) is 3. The van der Waals surface area contributed by atoms with Crippen molar-refractivity contribution in [2.45, 2.75) is 46.1 Å². The van der Waals surface area contributed by atoms with E-state index in [1.165, 1.54) is 11.8 Å². The van der Waals surface area contributed by atoms with Crippen LogP contribution in [0, 0.1) is 17.2 Å². The minimum Gasteiger partial charge on any atom is -0.480 e. The summed E-state index contributed by atoms with van der Waals surface area (Å²) < 4.78 is 0. The first-order chi connectivity index (χ1) is 8.76. The summed E-state index contributed by atoms with van der Waals surface area (Å²) >= 11 is 0. The molecule has 0 aromatic rings. The summed E-state index contributed by atoms with van der Waals surface area (Å²) in [5.41, 5.74) is -1.28. The van der Waals surface area contributed by atoms with E-state index < -0.39 is 17.5 Å². The van der Waals surface area contributed by atoms with Gasteiger partial charge < -0.3 is 15.3 Å². The number of carbonyl (C=O) groups excluding carboxylic acids is 1. The molecule has 0 aliphatic rings. The Bertz CT molecular complexity index is 363. The molecule has 0 heterocycles. The summed E-state index contributed by atoms with van der Waals surface area (Å²) in [5, 5.41) is 20.3. The number of urea groups is 1. The number of carboxylic acid groups (broad SMARTS) is 1. The molecule has 0 radical (unpaired) electrons. The van der Waals surface area contributed by atoms with Gasteiger partial charge in [0.15, 0.2) is 0 Å². The van der Waals surface area contributed by atoms with Gasteiger partial charge >= 0.3 is 12.0 Å². The summed E-state index contributed by atoms with van der Waals surface area (Å²) in [7, 11) is 0. The molecular weight excluding hydrogens is 246 g/mol. The van der Waals surface area contributed by atoms with Gasteiger partial charge in [0, 0.05) is 13.1 Å². The Balaban J connectivity index is 4.80. The molecule has 108 valence electrons. The van der Waals surface area contributed by atoms with Crippen molar-refractivity contribution in [3.63, 3.8) is 0 Å². The predicted octanol–water partition coefficient (Wildman–Crippen LogP) is 1.82. The normalized spacial score (nSPS) is 13.5. The van der Waals surface area contributed by atoms with Crippen molar-refractivity contribution >= 4 is 12.0 Å². The minimum absolute atomic E-state index is 0.232. The SMILES string of the molecule is CCC(C)(NC(=O)N(CCC#N)CC(C)C)C(=O)O. The van der Waals surface area contributed by atoms with Crippen LogP contribution < -0.4 is 5.32 Å². The van der Waals surface area contributed by atoms with Crippen LogP contribution in [0.5, 0.6) is 0 Å². The Morgan fingerprint density at radius 3 is 2.42 bits per heavy atom. The topological polar surface area (TPSA) is 93.4 Å². The van der Waals surface area contributed by atoms with Crippen molar-refractivity contribution < 1.29 is 14.7 Å². The van der Waals surface area contributed by atoms with Gasteiger partial charge in [0.1, 0.15) is 5.54 Å². The molecule has 0 aliphatic carbocycles. The first-order valence-electron chi connectivity index (χ1n) is 6.44. The molecule has 2 amide bonds. The fraction of sp³-hybridized carbons (Fsp3) is 0.769. The van der Waals surface area contributed by atoms with Crippen molar-refractivity contribution in [1.29, 1.82) is 5.26 Å². The standard InChI is InChI=1S/C13H23N3O3/c1-5-13(4,11(17)18)15-12(19)16(8-6-7-14)9-10(2)3/h10H,5-6,8-9H2,1-4H3,(H,15,19)(H,17,18). The number of nitrogens with one attached hydrogen (secondary N) is 1. The number of aliphatic carboxylic acids is 1. The first-order valence-corrected chi connectivity index (χ1v) is 6.44. The number of nitrogens with zero attached hydrogens (tertiary/aromatic N) is 2. The zero-order chi connectivity index (χ0) is 15.1. The monoisotopic (exact) mass is 269 g/mol. The molecule has 0 saturated heterocycles. The molecule has 0 bridgehead atoms. The highest BCUT2D eigenvalue weighted by atomic mass is 16.4. The van der Waals surface area contributed by atoms with E-state index in [0.29, 0.717) is 19.5 Å². The summed E-state index contributed by atoms with van der Waals surface area (Å²) in [6.07, 6.45) is 0.526. The molecule has 0 aromatic carbocycles. The lowest BCUT2D eigenvalue weighted by atomic mass is 9.99. The Morgan fingerprint density at radius 2 is 2.05 bits per heavy atom. The van der Waals surface area contributed by atoms with E-state index in [1.807, 2.05) is 19.9 Å². The lowest BCUT2D eigenvalue weighted by Crippen LogP contribution is -2.56. The van der Waals surface area contributed by atoms with Gasteiger partial charge in [-0.1, -0.05) is 20.8 Å². The summed E-state index contributed by atoms with van der Waals surface area (Å²) in [4.78, 5) is 24.8. The molecular formula is C13H23N3O3. The van der Waals surface area contributed by atoms with E-state index in [2.05, 4.69) is 5.32 Å². The Hall–Kier alpha value is -1.77. The van der Waals surface area contributed by atoms with Crippen molar-refractivity contribution in [1.82, 2.24) is 10.2 Å². The molecule has 2 N–H and O–H groups in total. The van der Waals surface area contributed by atoms with Gasteiger partial charge in [-0.3, -0.25) is 0 Å². The van der Waals surface area contributed by atoms with Crippen LogP contribution in [0.4, 0.5) is 4.79 Å². The average molecular weight is 269 g/mol. The second-order valence-corrected chi connectivity index (χ2v) is 5.17. The summed E-state index contributed by atoms with van der Waals surface area (Å²) in [5.74, 6) is -0.810. The lowest BCUT2D eigenvalue weighted by molar-refractivity contribution is -0.143. The van der Waals surface area contributed by atoms with E-state index in [4.69, 9.17) is 10.4 Å². The third-order valence-electron chi connectivity index (χ3n) is 2.93. The van der Waals surface area contributed by atoms with Crippen molar-refractivity contribution in [3.8, 4) is 6.07 Å². The predicted molar refractivity (Wildman–Crippen MR) is 71.5 cm³/mol. The fourth-order valence-electron chi connectivity index (χ4n) is 1.51. The Morgan fingerprint density at radius 1 is 1.47 bits per heavy atom. The molecule has 6 nitrogen and oxygen atoms in total. The Labute approximate surface area is 114 Å². The molecule has 0 aromatic heterocycles. The second kappa shape index (κ2) is 7.62. The van der Waals surface area contributed by atoms with E-state index in [0.717, 1.165) is 0 Å². The van der Waals surface area contributed by atoms with Gasteiger partial charge in [-0.15, -0.1) is 0 Å². The number of amides is 2. The highest BCUT2D eigenvalue weighted by Crippen LogP contribution is 2.11. The van der Waals surface area contributed by atoms with Crippen LogP contribution >= 0.6 is 0 Å². The molecule has 0 saturated carbocycles. The van der Waals surface area contributed by atoms with E-state index >= 15 is 0 Å². The highest BCUT2D eigenvalue weighted by molar-refractivity contribution is 5.85. The van der Waals surface area contributed by atoms with Crippen LogP contribution in [0.25, 0.3) is 0 Å². The number of carboxylic acids is 1. The highest BCUT2D eigenvalue weighted by Gasteiger charge is 2.34. The largest absolute Gasteiger partial charge is 0.480 e. The van der Waals surface area contributed by atoms with Crippen LogP contribution in [0.1, 0.15) is 40.5 Å². The Kier molecular flexibility index (Phi) is 6.91. The fourth-order valence-corrected chi connectivity index (χ4v) is 1.51. The lowest BCUT2D eigenvalue weighted by Gasteiger charge is -2.30. The van der Waals surface area contributed by atoms with Crippen LogP contribution in [-0.2, 0) is 4.79 Å². The number of nitriles is 1. The quantitative estimate of drug-likeness (QED) is 0.737. The molecule has 1 atom stereocenters. The number of hydrogen-bond donors (Lipinski definition) is 2. The van der Waals surface area contributed by atoms with Gasteiger partial charge in [-0.2, -0.15) is 5.26 Å². The first kappa shape index (κ1) is 17.2. The van der Waals surface area contributed by atoms with Crippen LogP contribution in [0.2, 0.25) is 0 Å². The van der Waals surface area contributed by atoms with Crippen molar-refractivity contribution in [3.05, 3.63) is 0 Å². The van der Waals surface area contributed by atoms with Gasteiger partial charge in [-0.25, -0.2) is 9.59 Å². The van der Waals surface area contributed by atoms with E-state index in [1.54, 1.807) is 6.92 Å². The van der Waals surface area contributed by atoms with Gasteiger partial charge in [0.2, 0.25) is 0 Å². The zero-order valence-electron chi connectivity index (χ0n) is 12.1. The maximum absolute atomic E-state index is 12.1. The van der Waals surface area contributed by atoms with Crippen LogP contribution in [-0.4, -0.2) is 40.6 Å². The minimum atomic E-state index is -1.28. The molecule has 0 aliphatic heterocycles. The van der Waals surface area contributed by atoms with E-state index in [9.17, 15) is 9.59 Å². The summed E-state index contributed by atoms with van der Waals surface area (Å²) in [6, 6.07) is 1.55. The number of carbonyl (C=O) groups is 2. The molecule has 19 heavy (non-hydrogen) atoms. The van der Waals surface area contributed by atoms with Gasteiger partial charge in [0.25, 0.3) is 0 Å². The maximum Gasteiger partial charge on any atom is 0.329 e. The van der Waals surface area contributed by atoms with Gasteiger partial charge in [-0.05, 0) is 19.3 Å². The zero-order valence-corrected chi connectivity index (χ0v) is 12.1. The maximum atomic E-state index is 12.1. The van der Waals surface area contributed by atoms with Crippen LogP contribution in [0.15, 0.2) is 0 Å². The molecule has 6 heteroatoms. The van der Waals surface area contributed by atoms with Crippen LogP contribution in [0.3, 0.4) is 0 Å². The van der Waals surface area contributed by atoms with Crippen molar-refractivity contribution in [2.75, 3.05) is 13.1 Å². The molecule has 0 fully saturated rings. The van der Waals surface area contributed by atoms with Gasteiger partial charge in [0.05, 0.1) is 12.5 Å². The average Bonchev–Trinajstić information content (AvgIpc) is 2.33. The molecule has 0 spiro atoms. The second-order valence-electron chi connectivity index (χ2n) is 5.17.